The molecule has 0 aliphatic heterocycles. The van der Waals surface area contributed by atoms with Crippen molar-refractivity contribution in [1.82, 2.24) is 15.5 Å². The monoisotopic (exact) mass is 519 g/mol. The van der Waals surface area contributed by atoms with Crippen molar-refractivity contribution in [2.24, 2.45) is 5.92 Å². The number of nitrogens with zero attached hydrogens (tertiary/aromatic N) is 1. The molecular formula is C29H49N3O5. The molecular weight excluding hydrogens is 470 g/mol. The minimum atomic E-state index is -1.13. The molecule has 0 aromatic heterocycles. The summed E-state index contributed by atoms with van der Waals surface area (Å²) in [5.74, 6) is -1.11. The van der Waals surface area contributed by atoms with Crippen molar-refractivity contribution in [3.05, 3.63) is 29.3 Å². The lowest BCUT2D eigenvalue weighted by Crippen LogP contribution is -2.61. The minimum Gasteiger partial charge on any atom is -0.507 e. The molecule has 8 heteroatoms. The molecule has 0 fully saturated rings. The molecule has 0 aliphatic rings. The van der Waals surface area contributed by atoms with Crippen LogP contribution in [-0.2, 0) is 14.3 Å². The molecule has 0 spiro atoms. The summed E-state index contributed by atoms with van der Waals surface area (Å²) in [5.41, 5.74) is -1.19. The summed E-state index contributed by atoms with van der Waals surface area (Å²) in [4.78, 5) is 42.6. The normalized spacial score (nSPS) is 14.8. The van der Waals surface area contributed by atoms with Crippen LogP contribution >= 0.6 is 0 Å². The van der Waals surface area contributed by atoms with E-state index in [4.69, 9.17) is 4.74 Å². The second-order valence-corrected chi connectivity index (χ2v) is 12.5. The number of amides is 3. The first-order valence-corrected chi connectivity index (χ1v) is 13.2. The average molecular weight is 520 g/mol. The highest BCUT2D eigenvalue weighted by Crippen LogP contribution is 2.38. The van der Waals surface area contributed by atoms with E-state index in [-0.39, 0.29) is 11.7 Å². The summed E-state index contributed by atoms with van der Waals surface area (Å²) in [5, 5.41) is 16.8. The summed E-state index contributed by atoms with van der Waals surface area (Å²) in [7, 11) is 0. The van der Waals surface area contributed by atoms with E-state index >= 15 is 0 Å². The van der Waals surface area contributed by atoms with Gasteiger partial charge in [-0.3, -0.25) is 9.59 Å². The van der Waals surface area contributed by atoms with Gasteiger partial charge in [0.05, 0.1) is 0 Å². The Morgan fingerprint density at radius 2 is 1.59 bits per heavy atom. The van der Waals surface area contributed by atoms with E-state index in [1.165, 1.54) is 4.90 Å². The summed E-state index contributed by atoms with van der Waals surface area (Å²) in [6.45, 7) is 22.1. The van der Waals surface area contributed by atoms with Crippen LogP contribution in [0, 0.1) is 12.8 Å². The van der Waals surface area contributed by atoms with Crippen molar-refractivity contribution in [3.8, 4) is 5.75 Å². The number of hydrogen-bond donors (Lipinski definition) is 3. The van der Waals surface area contributed by atoms with Crippen LogP contribution in [0.5, 0.6) is 5.75 Å². The standard InChI is InChI=1S/C29H49N3O5/c1-13-18(3)21(30-26(36)37-28(8,9)10)25(35)32(29(11,12)14-2)22(24(34)31-27(5,6)7)20-17-15-16-19(4)23(20)33/h15-18,21-22,33H,13-14H2,1-12H3,(H,30,36)(H,31,34). The Bertz CT molecular complexity index is 959. The maximum absolute atomic E-state index is 14.4. The van der Waals surface area contributed by atoms with Crippen molar-refractivity contribution in [2.45, 2.75) is 125 Å². The third-order valence-electron chi connectivity index (χ3n) is 6.47. The number of alkyl carbamates (subject to hydrolysis) is 1. The number of aromatic hydroxyl groups is 1. The molecule has 3 atom stereocenters. The predicted octanol–water partition coefficient (Wildman–Crippen LogP) is 5.61. The number of para-hydroxylation sites is 1. The summed E-state index contributed by atoms with van der Waals surface area (Å²) in [6, 6.07) is 3.10. The topological polar surface area (TPSA) is 108 Å². The van der Waals surface area contributed by atoms with Crippen LogP contribution in [-0.4, -0.2) is 50.6 Å². The molecule has 1 rings (SSSR count). The van der Waals surface area contributed by atoms with Gasteiger partial charge in [-0.1, -0.05) is 45.4 Å². The van der Waals surface area contributed by atoms with E-state index in [9.17, 15) is 19.5 Å². The molecule has 0 bridgehead atoms. The second-order valence-electron chi connectivity index (χ2n) is 12.5. The summed E-state index contributed by atoms with van der Waals surface area (Å²) in [6.07, 6.45) is 0.445. The van der Waals surface area contributed by atoms with Gasteiger partial charge in [-0.05, 0) is 80.2 Å². The molecule has 3 N–H and O–H groups in total. The molecule has 8 nitrogen and oxygen atoms in total. The number of rotatable bonds is 9. The van der Waals surface area contributed by atoms with Crippen molar-refractivity contribution in [2.75, 3.05) is 0 Å². The Morgan fingerprint density at radius 3 is 2.05 bits per heavy atom. The first-order valence-electron chi connectivity index (χ1n) is 13.2. The minimum absolute atomic E-state index is 0.0403. The Kier molecular flexibility index (Phi) is 10.6. The lowest BCUT2D eigenvalue weighted by Gasteiger charge is -2.46. The fraction of sp³-hybridized carbons (Fsp3) is 0.690. The number of carbonyl (C=O) groups excluding carboxylic acids is 3. The zero-order valence-corrected chi connectivity index (χ0v) is 24.9. The van der Waals surface area contributed by atoms with Gasteiger partial charge in [0.25, 0.3) is 0 Å². The number of benzene rings is 1. The Labute approximate surface area is 223 Å². The van der Waals surface area contributed by atoms with Crippen molar-refractivity contribution >= 4 is 17.9 Å². The molecule has 1 aromatic rings. The van der Waals surface area contributed by atoms with E-state index in [0.29, 0.717) is 24.0 Å². The smallest absolute Gasteiger partial charge is 0.408 e. The molecule has 0 saturated heterocycles. The SMILES string of the molecule is CCC(C)C(NC(=O)OC(C)(C)C)C(=O)N(C(C(=O)NC(C)(C)C)c1cccc(C)c1O)C(C)(C)CC. The van der Waals surface area contributed by atoms with Gasteiger partial charge >= 0.3 is 6.09 Å². The first-order chi connectivity index (χ1) is 16.8. The third kappa shape index (κ3) is 8.93. The molecule has 210 valence electrons. The number of phenolic OH excluding ortho intramolecular Hbond substituents is 1. The van der Waals surface area contributed by atoms with Crippen molar-refractivity contribution in [3.63, 3.8) is 0 Å². The van der Waals surface area contributed by atoms with E-state index in [1.807, 2.05) is 55.4 Å². The number of carbonyl (C=O) groups is 3. The first kappa shape index (κ1) is 32.3. The molecule has 0 heterocycles. The van der Waals surface area contributed by atoms with Crippen LogP contribution in [0.1, 0.15) is 106 Å². The van der Waals surface area contributed by atoms with E-state index in [0.717, 1.165) is 0 Å². The number of aryl methyl sites for hydroxylation is 1. The number of phenols is 1. The maximum atomic E-state index is 14.4. The highest BCUT2D eigenvalue weighted by Gasteiger charge is 2.45. The van der Waals surface area contributed by atoms with E-state index in [1.54, 1.807) is 45.9 Å². The van der Waals surface area contributed by atoms with Gasteiger partial charge in [-0.2, -0.15) is 0 Å². The number of nitrogens with one attached hydrogen (secondary N) is 2. The molecule has 0 saturated carbocycles. The van der Waals surface area contributed by atoms with Gasteiger partial charge in [0.2, 0.25) is 11.8 Å². The molecule has 0 radical (unpaired) electrons. The molecule has 3 unspecified atom stereocenters. The molecule has 0 aliphatic carbocycles. The van der Waals surface area contributed by atoms with Gasteiger partial charge in [-0.15, -0.1) is 0 Å². The van der Waals surface area contributed by atoms with Crippen LogP contribution in [0.2, 0.25) is 0 Å². The van der Waals surface area contributed by atoms with E-state index in [2.05, 4.69) is 10.6 Å². The zero-order chi connectivity index (χ0) is 28.9. The Balaban J connectivity index is 3.80. The third-order valence-corrected chi connectivity index (χ3v) is 6.47. The van der Waals surface area contributed by atoms with Gasteiger partial charge in [0.1, 0.15) is 23.4 Å². The fourth-order valence-corrected chi connectivity index (χ4v) is 3.95. The van der Waals surface area contributed by atoms with Gasteiger partial charge in [0.15, 0.2) is 0 Å². The molecule has 37 heavy (non-hydrogen) atoms. The lowest BCUT2D eigenvalue weighted by atomic mass is 9.88. The van der Waals surface area contributed by atoms with Crippen LogP contribution < -0.4 is 10.6 Å². The number of hydrogen-bond acceptors (Lipinski definition) is 5. The zero-order valence-electron chi connectivity index (χ0n) is 24.9. The quantitative estimate of drug-likeness (QED) is 0.393. The Hall–Kier alpha value is -2.77. The molecule has 1 aromatic carbocycles. The fourth-order valence-electron chi connectivity index (χ4n) is 3.95. The predicted molar refractivity (Wildman–Crippen MR) is 147 cm³/mol. The lowest BCUT2D eigenvalue weighted by molar-refractivity contribution is -0.151. The highest BCUT2D eigenvalue weighted by molar-refractivity contribution is 5.93. The van der Waals surface area contributed by atoms with Crippen LogP contribution in [0.15, 0.2) is 18.2 Å². The largest absolute Gasteiger partial charge is 0.507 e. The van der Waals surface area contributed by atoms with E-state index < -0.39 is 46.7 Å². The van der Waals surface area contributed by atoms with Crippen LogP contribution in [0.4, 0.5) is 4.79 Å². The van der Waals surface area contributed by atoms with Crippen molar-refractivity contribution < 1.29 is 24.2 Å². The van der Waals surface area contributed by atoms with Crippen molar-refractivity contribution in [1.29, 1.82) is 0 Å². The maximum Gasteiger partial charge on any atom is 0.408 e. The van der Waals surface area contributed by atoms with Crippen LogP contribution in [0.25, 0.3) is 0 Å². The van der Waals surface area contributed by atoms with Crippen LogP contribution in [0.3, 0.4) is 0 Å². The number of ether oxygens (including phenoxy) is 1. The van der Waals surface area contributed by atoms with Gasteiger partial charge in [0, 0.05) is 16.6 Å². The Morgan fingerprint density at radius 1 is 1.03 bits per heavy atom. The highest BCUT2D eigenvalue weighted by atomic mass is 16.6. The summed E-state index contributed by atoms with van der Waals surface area (Å²) < 4.78 is 5.46. The van der Waals surface area contributed by atoms with Gasteiger partial charge < -0.3 is 25.4 Å². The summed E-state index contributed by atoms with van der Waals surface area (Å²) >= 11 is 0. The average Bonchev–Trinajstić information content (AvgIpc) is 2.74. The second kappa shape index (κ2) is 12.2. The van der Waals surface area contributed by atoms with Gasteiger partial charge in [-0.25, -0.2) is 4.79 Å². The molecule has 3 amide bonds.